The van der Waals surface area contributed by atoms with Gasteiger partial charge in [0.25, 0.3) is 0 Å². The molecule has 0 heterocycles. The number of amides is 2. The quantitative estimate of drug-likeness (QED) is 0.536. The SMILES string of the molecule is CC1=CC(Br)CC=C1CC(C(=O)N(C)C)N(CC(C)(C)C)C(=O)OC(C)(C)C. The van der Waals surface area contributed by atoms with Crippen molar-refractivity contribution in [3.8, 4) is 0 Å². The van der Waals surface area contributed by atoms with Gasteiger partial charge in [-0.1, -0.05) is 54.4 Å². The number of ether oxygens (including phenoxy) is 1. The van der Waals surface area contributed by atoms with Crippen molar-refractivity contribution in [1.82, 2.24) is 9.80 Å². The zero-order valence-electron chi connectivity index (χ0n) is 18.9. The van der Waals surface area contributed by atoms with E-state index in [9.17, 15) is 9.59 Å². The van der Waals surface area contributed by atoms with Gasteiger partial charge in [0.15, 0.2) is 0 Å². The van der Waals surface area contributed by atoms with E-state index < -0.39 is 17.7 Å². The number of carbonyl (C=O) groups is 2. The lowest BCUT2D eigenvalue weighted by Crippen LogP contribution is -2.53. The third kappa shape index (κ3) is 7.98. The summed E-state index contributed by atoms with van der Waals surface area (Å²) < 4.78 is 5.66. The summed E-state index contributed by atoms with van der Waals surface area (Å²) in [6.07, 6.45) is 5.23. The minimum Gasteiger partial charge on any atom is -0.444 e. The van der Waals surface area contributed by atoms with Crippen LogP contribution in [0.3, 0.4) is 0 Å². The topological polar surface area (TPSA) is 49.9 Å². The van der Waals surface area contributed by atoms with Gasteiger partial charge < -0.3 is 9.64 Å². The molecule has 2 unspecified atom stereocenters. The maximum Gasteiger partial charge on any atom is 0.411 e. The number of carbonyl (C=O) groups excluding carboxylic acids is 2. The Balaban J connectivity index is 3.29. The Kier molecular flexibility index (Phi) is 8.36. The monoisotopic (exact) mass is 456 g/mol. The highest BCUT2D eigenvalue weighted by Crippen LogP contribution is 2.30. The molecule has 1 aliphatic rings. The Hall–Kier alpha value is -1.30. The van der Waals surface area contributed by atoms with Crippen LogP contribution in [0.1, 0.15) is 61.3 Å². The minimum atomic E-state index is -0.623. The van der Waals surface area contributed by atoms with Gasteiger partial charge >= 0.3 is 6.09 Å². The average molecular weight is 457 g/mol. The van der Waals surface area contributed by atoms with Crippen LogP contribution in [0.25, 0.3) is 0 Å². The van der Waals surface area contributed by atoms with Crippen LogP contribution < -0.4 is 0 Å². The molecule has 160 valence electrons. The van der Waals surface area contributed by atoms with Gasteiger partial charge in [0, 0.05) is 31.9 Å². The number of alkyl halides is 1. The molecule has 0 saturated carbocycles. The van der Waals surface area contributed by atoms with E-state index in [0.717, 1.165) is 17.6 Å². The number of hydrogen-bond donors (Lipinski definition) is 0. The molecular formula is C22H37BrN2O3. The molecular weight excluding hydrogens is 420 g/mol. The van der Waals surface area contributed by atoms with Gasteiger partial charge in [-0.3, -0.25) is 9.69 Å². The maximum atomic E-state index is 13.1. The Morgan fingerprint density at radius 1 is 1.21 bits per heavy atom. The van der Waals surface area contributed by atoms with Crippen LogP contribution in [-0.4, -0.2) is 58.9 Å². The first-order valence-electron chi connectivity index (χ1n) is 9.83. The largest absolute Gasteiger partial charge is 0.444 e. The molecule has 1 aliphatic carbocycles. The summed E-state index contributed by atoms with van der Waals surface area (Å²) in [4.78, 5) is 29.7. The van der Waals surface area contributed by atoms with Gasteiger partial charge in [-0.25, -0.2) is 4.79 Å². The van der Waals surface area contributed by atoms with Crippen LogP contribution in [-0.2, 0) is 9.53 Å². The molecule has 0 radical (unpaired) electrons. The van der Waals surface area contributed by atoms with Crippen molar-refractivity contribution in [1.29, 1.82) is 0 Å². The maximum absolute atomic E-state index is 13.1. The van der Waals surface area contributed by atoms with Gasteiger partial charge in [0.2, 0.25) is 5.91 Å². The summed E-state index contributed by atoms with van der Waals surface area (Å²) in [5.41, 5.74) is 1.46. The summed E-state index contributed by atoms with van der Waals surface area (Å²) in [7, 11) is 3.46. The summed E-state index contributed by atoms with van der Waals surface area (Å²) in [5, 5.41) is 0. The molecule has 2 amide bonds. The van der Waals surface area contributed by atoms with Crippen LogP contribution in [0, 0.1) is 5.41 Å². The zero-order chi connectivity index (χ0) is 21.9. The Bertz CT molecular complexity index is 639. The molecule has 0 saturated heterocycles. The molecule has 28 heavy (non-hydrogen) atoms. The predicted octanol–water partition coefficient (Wildman–Crippen LogP) is 5.16. The lowest BCUT2D eigenvalue weighted by Gasteiger charge is -2.38. The third-order valence-corrected chi connectivity index (χ3v) is 4.95. The molecule has 0 aromatic rings. The number of hydrogen-bond acceptors (Lipinski definition) is 3. The highest BCUT2D eigenvalue weighted by molar-refractivity contribution is 9.09. The number of likely N-dealkylation sites (N-methyl/N-ethyl adjacent to an activating group) is 1. The van der Waals surface area contributed by atoms with Crippen LogP contribution in [0.2, 0.25) is 0 Å². The first-order valence-corrected chi connectivity index (χ1v) is 10.7. The second-order valence-electron chi connectivity index (χ2n) is 9.95. The first kappa shape index (κ1) is 24.7. The molecule has 0 aliphatic heterocycles. The van der Waals surface area contributed by atoms with Gasteiger partial charge in [-0.2, -0.15) is 0 Å². The molecule has 0 aromatic carbocycles. The van der Waals surface area contributed by atoms with Crippen molar-refractivity contribution < 1.29 is 14.3 Å². The fourth-order valence-electron chi connectivity index (χ4n) is 3.08. The number of halogens is 1. The number of allylic oxidation sites excluding steroid dienone is 3. The first-order chi connectivity index (χ1) is 12.6. The van der Waals surface area contributed by atoms with E-state index in [1.165, 1.54) is 0 Å². The van der Waals surface area contributed by atoms with Gasteiger partial charge in [-0.15, -0.1) is 0 Å². The summed E-state index contributed by atoms with van der Waals surface area (Å²) in [6, 6.07) is -0.606. The van der Waals surface area contributed by atoms with E-state index in [1.807, 2.05) is 20.8 Å². The molecule has 0 N–H and O–H groups in total. The summed E-state index contributed by atoms with van der Waals surface area (Å²) in [5.74, 6) is -0.0928. The highest BCUT2D eigenvalue weighted by atomic mass is 79.9. The van der Waals surface area contributed by atoms with E-state index in [4.69, 9.17) is 4.74 Å². The molecule has 1 rings (SSSR count). The van der Waals surface area contributed by atoms with Crippen molar-refractivity contribution >= 4 is 27.9 Å². The van der Waals surface area contributed by atoms with Gasteiger partial charge in [-0.05, 0) is 45.1 Å². The van der Waals surface area contributed by atoms with Crippen molar-refractivity contribution in [3.05, 3.63) is 23.3 Å². The third-order valence-electron chi connectivity index (χ3n) is 4.31. The number of rotatable bonds is 5. The summed E-state index contributed by atoms with van der Waals surface area (Å²) in [6.45, 7) is 14.2. The van der Waals surface area contributed by atoms with E-state index in [2.05, 4.69) is 55.8 Å². The van der Waals surface area contributed by atoms with Crippen molar-refractivity contribution in [2.75, 3.05) is 20.6 Å². The minimum absolute atomic E-state index is 0.0928. The van der Waals surface area contributed by atoms with E-state index in [1.54, 1.807) is 23.9 Å². The fourth-order valence-corrected chi connectivity index (χ4v) is 3.66. The Labute approximate surface area is 179 Å². The van der Waals surface area contributed by atoms with Crippen LogP contribution >= 0.6 is 15.9 Å². The van der Waals surface area contributed by atoms with E-state index in [-0.39, 0.29) is 11.3 Å². The number of nitrogens with zero attached hydrogens (tertiary/aromatic N) is 2. The van der Waals surface area contributed by atoms with Crippen molar-refractivity contribution in [2.24, 2.45) is 5.41 Å². The lowest BCUT2D eigenvalue weighted by molar-refractivity contribution is -0.134. The van der Waals surface area contributed by atoms with Crippen LogP contribution in [0.15, 0.2) is 23.3 Å². The normalized spacial score (nSPS) is 18.7. The standard InChI is InChI=1S/C22H37BrN2O3/c1-15-12-17(23)11-10-16(15)13-18(19(26)24(8)9)25(14-21(2,3)4)20(27)28-22(5,6)7/h10,12,17-18H,11,13-14H2,1-9H3. The van der Waals surface area contributed by atoms with Gasteiger partial charge in [0.1, 0.15) is 11.6 Å². The average Bonchev–Trinajstić information content (AvgIpc) is 2.49. The molecule has 0 bridgehead atoms. The van der Waals surface area contributed by atoms with Crippen LogP contribution in [0.5, 0.6) is 0 Å². The molecule has 5 nitrogen and oxygen atoms in total. The molecule has 0 fully saturated rings. The molecule has 0 spiro atoms. The van der Waals surface area contributed by atoms with E-state index in [0.29, 0.717) is 17.8 Å². The summed E-state index contributed by atoms with van der Waals surface area (Å²) >= 11 is 3.62. The Morgan fingerprint density at radius 2 is 1.79 bits per heavy atom. The van der Waals surface area contributed by atoms with Crippen molar-refractivity contribution in [3.63, 3.8) is 0 Å². The Morgan fingerprint density at radius 3 is 2.21 bits per heavy atom. The second kappa shape index (κ2) is 9.47. The van der Waals surface area contributed by atoms with Crippen molar-refractivity contribution in [2.45, 2.75) is 77.8 Å². The highest BCUT2D eigenvalue weighted by Gasteiger charge is 2.37. The fraction of sp³-hybridized carbons (Fsp3) is 0.727. The molecule has 2 atom stereocenters. The van der Waals surface area contributed by atoms with Gasteiger partial charge in [0.05, 0.1) is 0 Å². The van der Waals surface area contributed by atoms with E-state index >= 15 is 0 Å². The second-order valence-corrected chi connectivity index (χ2v) is 11.1. The lowest BCUT2D eigenvalue weighted by atomic mass is 9.90. The van der Waals surface area contributed by atoms with Crippen LogP contribution in [0.4, 0.5) is 4.79 Å². The molecule has 6 heteroatoms. The predicted molar refractivity (Wildman–Crippen MR) is 119 cm³/mol. The molecule has 0 aromatic heterocycles. The smallest absolute Gasteiger partial charge is 0.411 e. The zero-order valence-corrected chi connectivity index (χ0v) is 20.5.